The van der Waals surface area contributed by atoms with Gasteiger partial charge in [0.2, 0.25) is 17.7 Å². The van der Waals surface area contributed by atoms with Crippen LogP contribution in [0.15, 0.2) is 84.9 Å². The van der Waals surface area contributed by atoms with E-state index >= 15 is 0 Å². The van der Waals surface area contributed by atoms with E-state index in [9.17, 15) is 14.4 Å². The molecule has 9 heteroatoms. The van der Waals surface area contributed by atoms with Crippen molar-refractivity contribution in [3.63, 3.8) is 0 Å². The van der Waals surface area contributed by atoms with Crippen LogP contribution in [0.1, 0.15) is 43.4 Å². The van der Waals surface area contributed by atoms with Gasteiger partial charge in [0.25, 0.3) is 0 Å². The second-order valence-corrected chi connectivity index (χ2v) is 13.0. The van der Waals surface area contributed by atoms with E-state index in [4.69, 9.17) is 0 Å². The number of benzene rings is 3. The van der Waals surface area contributed by atoms with E-state index in [2.05, 4.69) is 58.5 Å². The summed E-state index contributed by atoms with van der Waals surface area (Å²) in [5, 5.41) is 6.49. The zero-order valence-corrected chi connectivity index (χ0v) is 27.7. The fraction of sp³-hybridized carbons (Fsp3) is 0.447. The van der Waals surface area contributed by atoms with Crippen molar-refractivity contribution in [3.8, 4) is 0 Å². The SMILES string of the molecule is CCN(CC)CCN1CN(c2ccccc2)C2(CCN(C(=O)[C@@H](Cc3ccccc3)NC(=O)C3Cc4ccccc4CN3)CC2)C1=O. The van der Waals surface area contributed by atoms with Crippen LogP contribution in [0, 0.1) is 0 Å². The zero-order valence-electron chi connectivity index (χ0n) is 27.7. The quantitative estimate of drug-likeness (QED) is 0.336. The highest BCUT2D eigenvalue weighted by Gasteiger charge is 2.54. The molecule has 9 nitrogen and oxygen atoms in total. The average Bonchev–Trinajstić information content (AvgIpc) is 3.38. The van der Waals surface area contributed by atoms with E-state index in [1.54, 1.807) is 0 Å². The molecule has 3 aliphatic rings. The molecular weight excluding hydrogens is 588 g/mol. The van der Waals surface area contributed by atoms with Gasteiger partial charge >= 0.3 is 0 Å². The maximum absolute atomic E-state index is 14.2. The van der Waals surface area contributed by atoms with Crippen molar-refractivity contribution in [2.45, 2.75) is 63.7 Å². The van der Waals surface area contributed by atoms with Gasteiger partial charge in [-0.25, -0.2) is 0 Å². The Balaban J connectivity index is 1.17. The topological polar surface area (TPSA) is 88.2 Å². The first kappa shape index (κ1) is 32.7. The second-order valence-electron chi connectivity index (χ2n) is 13.0. The molecule has 1 spiro atoms. The molecular formula is C38H48N6O3. The molecule has 2 fully saturated rings. The summed E-state index contributed by atoms with van der Waals surface area (Å²) in [4.78, 5) is 50.5. The first-order chi connectivity index (χ1) is 22.9. The fourth-order valence-electron chi connectivity index (χ4n) is 7.45. The van der Waals surface area contributed by atoms with Gasteiger partial charge in [-0.05, 0) is 61.2 Å². The molecule has 0 radical (unpaired) electrons. The normalized spacial score (nSPS) is 19.6. The Morgan fingerprint density at radius 1 is 0.915 bits per heavy atom. The number of likely N-dealkylation sites (N-methyl/N-ethyl adjacent to an activating group) is 1. The molecule has 3 amide bonds. The van der Waals surface area contributed by atoms with E-state index < -0.39 is 17.6 Å². The monoisotopic (exact) mass is 636 g/mol. The van der Waals surface area contributed by atoms with Crippen LogP contribution in [0.25, 0.3) is 0 Å². The van der Waals surface area contributed by atoms with Gasteiger partial charge in [-0.15, -0.1) is 0 Å². The number of amides is 3. The summed E-state index contributed by atoms with van der Waals surface area (Å²) in [6.45, 7) is 9.79. The number of rotatable bonds is 11. The summed E-state index contributed by atoms with van der Waals surface area (Å²) in [6.07, 6.45) is 2.08. The molecule has 248 valence electrons. The number of hydrogen-bond donors (Lipinski definition) is 2. The molecule has 47 heavy (non-hydrogen) atoms. The summed E-state index contributed by atoms with van der Waals surface area (Å²) < 4.78 is 0. The third-order valence-electron chi connectivity index (χ3n) is 10.4. The number of piperidine rings is 1. The van der Waals surface area contributed by atoms with Crippen LogP contribution in [0.3, 0.4) is 0 Å². The zero-order chi connectivity index (χ0) is 32.8. The van der Waals surface area contributed by atoms with Crippen molar-refractivity contribution < 1.29 is 14.4 Å². The molecule has 1 unspecified atom stereocenters. The number of carbonyl (C=O) groups excluding carboxylic acids is 3. The van der Waals surface area contributed by atoms with Gasteiger partial charge in [-0.1, -0.05) is 86.6 Å². The lowest BCUT2D eigenvalue weighted by atomic mass is 9.85. The summed E-state index contributed by atoms with van der Waals surface area (Å²) in [6, 6.07) is 27.1. The van der Waals surface area contributed by atoms with Crippen LogP contribution in [-0.4, -0.2) is 96.0 Å². The second kappa shape index (κ2) is 14.7. The van der Waals surface area contributed by atoms with Crippen molar-refractivity contribution in [2.75, 3.05) is 50.8 Å². The number of nitrogens with zero attached hydrogens (tertiary/aromatic N) is 4. The Labute approximate surface area is 278 Å². The van der Waals surface area contributed by atoms with Crippen molar-refractivity contribution in [2.24, 2.45) is 0 Å². The highest BCUT2D eigenvalue weighted by atomic mass is 16.2. The Hall–Kier alpha value is -4.21. The summed E-state index contributed by atoms with van der Waals surface area (Å²) >= 11 is 0. The van der Waals surface area contributed by atoms with Gasteiger partial charge in [0.1, 0.15) is 11.6 Å². The lowest BCUT2D eigenvalue weighted by Crippen LogP contribution is -2.60. The minimum absolute atomic E-state index is 0.0941. The van der Waals surface area contributed by atoms with E-state index in [-0.39, 0.29) is 17.7 Å². The fourth-order valence-corrected chi connectivity index (χ4v) is 7.45. The van der Waals surface area contributed by atoms with Gasteiger partial charge in [0.05, 0.1) is 12.7 Å². The highest BCUT2D eigenvalue weighted by Crippen LogP contribution is 2.39. The molecule has 0 aromatic heterocycles. The largest absolute Gasteiger partial charge is 0.343 e. The Bertz CT molecular complexity index is 1520. The predicted octanol–water partition coefficient (Wildman–Crippen LogP) is 3.44. The van der Waals surface area contributed by atoms with Crippen LogP contribution in [0.4, 0.5) is 5.69 Å². The van der Waals surface area contributed by atoms with Crippen LogP contribution in [0.2, 0.25) is 0 Å². The molecule has 3 aromatic carbocycles. The van der Waals surface area contributed by atoms with E-state index in [1.165, 1.54) is 5.56 Å². The number of para-hydroxylation sites is 1. The molecule has 2 N–H and O–H groups in total. The average molecular weight is 637 g/mol. The number of carbonyl (C=O) groups is 3. The van der Waals surface area contributed by atoms with Gasteiger partial charge in [0.15, 0.2) is 0 Å². The van der Waals surface area contributed by atoms with Crippen molar-refractivity contribution >= 4 is 23.4 Å². The molecule has 3 aliphatic heterocycles. The maximum Gasteiger partial charge on any atom is 0.250 e. The van der Waals surface area contributed by atoms with Crippen molar-refractivity contribution in [1.82, 2.24) is 25.3 Å². The molecule has 2 saturated heterocycles. The first-order valence-corrected chi connectivity index (χ1v) is 17.2. The predicted molar refractivity (Wildman–Crippen MR) is 185 cm³/mol. The molecule has 0 saturated carbocycles. The minimum Gasteiger partial charge on any atom is -0.343 e. The van der Waals surface area contributed by atoms with Crippen LogP contribution < -0.4 is 15.5 Å². The number of likely N-dealkylation sites (tertiary alicyclic amines) is 1. The summed E-state index contributed by atoms with van der Waals surface area (Å²) in [5.41, 5.74) is 3.69. The van der Waals surface area contributed by atoms with Crippen molar-refractivity contribution in [1.29, 1.82) is 0 Å². The van der Waals surface area contributed by atoms with Gasteiger partial charge in [-0.2, -0.15) is 0 Å². The lowest BCUT2D eigenvalue weighted by Gasteiger charge is -2.44. The third kappa shape index (κ3) is 7.06. The smallest absolute Gasteiger partial charge is 0.250 e. The number of hydrogen-bond acceptors (Lipinski definition) is 6. The van der Waals surface area contributed by atoms with Gasteiger partial charge < -0.3 is 30.2 Å². The van der Waals surface area contributed by atoms with E-state index in [1.807, 2.05) is 70.5 Å². The summed E-state index contributed by atoms with van der Waals surface area (Å²) in [5.74, 6) is -0.103. The van der Waals surface area contributed by atoms with Crippen LogP contribution in [0.5, 0.6) is 0 Å². The Morgan fingerprint density at radius 2 is 1.55 bits per heavy atom. The molecule has 0 bridgehead atoms. The van der Waals surface area contributed by atoms with E-state index in [0.717, 1.165) is 36.4 Å². The number of anilines is 1. The first-order valence-electron chi connectivity index (χ1n) is 17.2. The Kier molecular flexibility index (Phi) is 10.2. The number of fused-ring (bicyclic) bond motifs is 1. The standard InChI is InChI=1S/C38H48N6O3/c1-3-41(4-2)23-24-43-28-44(32-17-9-6-10-18-32)38(37(43)47)19-21-42(22-20-38)36(46)34(25-29-13-7-5-8-14-29)40-35(45)33-26-30-15-11-12-16-31(30)27-39-33/h5-18,33-34,39H,3-4,19-28H2,1-2H3,(H,40,45)/t33?,34-/m1/s1. The van der Waals surface area contributed by atoms with Crippen LogP contribution >= 0.6 is 0 Å². The van der Waals surface area contributed by atoms with E-state index in [0.29, 0.717) is 58.5 Å². The van der Waals surface area contributed by atoms with Crippen molar-refractivity contribution in [3.05, 3.63) is 102 Å². The molecule has 3 heterocycles. The molecule has 6 rings (SSSR count). The van der Waals surface area contributed by atoms with Gasteiger partial charge in [0, 0.05) is 44.8 Å². The Morgan fingerprint density at radius 3 is 2.23 bits per heavy atom. The minimum atomic E-state index is -0.701. The lowest BCUT2D eigenvalue weighted by molar-refractivity contribution is -0.141. The van der Waals surface area contributed by atoms with Gasteiger partial charge in [-0.3, -0.25) is 14.4 Å². The number of nitrogens with one attached hydrogen (secondary N) is 2. The molecule has 2 atom stereocenters. The van der Waals surface area contributed by atoms with Crippen LogP contribution in [-0.2, 0) is 33.8 Å². The molecule has 3 aromatic rings. The maximum atomic E-state index is 14.2. The third-order valence-corrected chi connectivity index (χ3v) is 10.4. The summed E-state index contributed by atoms with van der Waals surface area (Å²) in [7, 11) is 0. The molecule has 0 aliphatic carbocycles. The highest BCUT2D eigenvalue weighted by molar-refractivity contribution is 5.94.